The maximum Gasteiger partial charge on any atom is 0.188 e. The Kier molecular flexibility index (Phi) is 4.43. The molecule has 0 bridgehead atoms. The van der Waals surface area contributed by atoms with Gasteiger partial charge in [-0.15, -0.1) is 0 Å². The van der Waals surface area contributed by atoms with Crippen molar-refractivity contribution in [3.8, 4) is 5.75 Å². The van der Waals surface area contributed by atoms with Gasteiger partial charge in [0.1, 0.15) is 0 Å². The lowest BCUT2D eigenvalue weighted by Gasteiger charge is -2.24. The highest BCUT2D eigenvalue weighted by Gasteiger charge is 2.42. The Morgan fingerprint density at radius 3 is 2.38 bits per heavy atom. The highest BCUT2D eigenvalue weighted by Crippen LogP contribution is 2.45. The van der Waals surface area contributed by atoms with Crippen LogP contribution in [0, 0.1) is 23.6 Å². The maximum absolute atomic E-state index is 14.6. The Labute approximate surface area is 153 Å². The summed E-state index contributed by atoms with van der Waals surface area (Å²) in [5, 5.41) is 9.76. The topological polar surface area (TPSA) is 40.5 Å². The summed E-state index contributed by atoms with van der Waals surface area (Å²) in [6.07, 6.45) is 3.39. The molecule has 2 aliphatic rings. The molecule has 1 aliphatic heterocycles. The van der Waals surface area contributed by atoms with Crippen molar-refractivity contribution in [3.63, 3.8) is 0 Å². The van der Waals surface area contributed by atoms with E-state index in [0.29, 0.717) is 23.3 Å². The number of carbonyl (C=O) groups is 1. The largest absolute Gasteiger partial charge is 0.505 e. The molecule has 0 unspecified atom stereocenters. The summed E-state index contributed by atoms with van der Waals surface area (Å²) in [6, 6.07) is 13.4. The van der Waals surface area contributed by atoms with Crippen LogP contribution >= 0.6 is 0 Å². The van der Waals surface area contributed by atoms with Crippen molar-refractivity contribution in [2.24, 2.45) is 17.8 Å². The van der Waals surface area contributed by atoms with E-state index in [1.165, 1.54) is 24.6 Å². The predicted octanol–water partition coefficient (Wildman–Crippen LogP) is 4.44. The van der Waals surface area contributed by atoms with Gasteiger partial charge in [-0.2, -0.15) is 0 Å². The zero-order valence-corrected chi connectivity index (χ0v) is 15.0. The van der Waals surface area contributed by atoms with Gasteiger partial charge in [-0.05, 0) is 61.6 Å². The lowest BCUT2D eigenvalue weighted by Crippen LogP contribution is -2.25. The number of benzene rings is 2. The molecule has 0 amide bonds. The molecule has 1 heterocycles. The normalized spacial score (nSPS) is 22.6. The van der Waals surface area contributed by atoms with Crippen LogP contribution in [0.5, 0.6) is 5.75 Å². The van der Waals surface area contributed by atoms with Crippen LogP contribution in [0.15, 0.2) is 42.5 Å². The molecule has 2 aromatic carbocycles. The van der Waals surface area contributed by atoms with E-state index in [2.05, 4.69) is 24.3 Å². The number of halogens is 1. The quantitative estimate of drug-likeness (QED) is 0.826. The summed E-state index contributed by atoms with van der Waals surface area (Å²) in [4.78, 5) is 13.9. The number of hydrogen-bond acceptors (Lipinski definition) is 3. The van der Waals surface area contributed by atoms with Crippen molar-refractivity contribution < 1.29 is 14.3 Å². The fourth-order valence-corrected chi connectivity index (χ4v) is 4.87. The van der Waals surface area contributed by atoms with Gasteiger partial charge in [0.25, 0.3) is 0 Å². The second kappa shape index (κ2) is 6.75. The van der Waals surface area contributed by atoms with Crippen molar-refractivity contribution in [3.05, 3.63) is 59.4 Å². The maximum atomic E-state index is 14.6. The lowest BCUT2D eigenvalue weighted by atomic mass is 9.96. The molecule has 1 saturated heterocycles. The molecule has 3 nitrogen and oxygen atoms in total. The van der Waals surface area contributed by atoms with Gasteiger partial charge in [0.15, 0.2) is 17.3 Å². The van der Waals surface area contributed by atoms with Crippen LogP contribution in [0.4, 0.5) is 10.1 Å². The van der Waals surface area contributed by atoms with Crippen molar-refractivity contribution in [2.45, 2.75) is 26.2 Å². The molecule has 2 atom stereocenters. The minimum Gasteiger partial charge on any atom is -0.505 e. The molecule has 0 spiro atoms. The first-order valence-corrected chi connectivity index (χ1v) is 9.34. The van der Waals surface area contributed by atoms with Gasteiger partial charge in [-0.1, -0.05) is 30.3 Å². The standard InChI is InChI=1S/C22H24FNO2/c1-14(25)19-7-8-20(26)21(23)22(19)24-12-17-10-16(11-18(17)13-24)9-15-5-3-2-4-6-15/h2-8,16-18,26H,9-13H2,1H3/t17-,18-/m1/s1. The van der Waals surface area contributed by atoms with E-state index in [1.807, 2.05) is 11.0 Å². The highest BCUT2D eigenvalue weighted by molar-refractivity contribution is 6.00. The molecule has 26 heavy (non-hydrogen) atoms. The summed E-state index contributed by atoms with van der Waals surface area (Å²) >= 11 is 0. The summed E-state index contributed by atoms with van der Waals surface area (Å²) in [7, 11) is 0. The first-order valence-electron chi connectivity index (χ1n) is 9.34. The minimum absolute atomic E-state index is 0.169. The van der Waals surface area contributed by atoms with Crippen molar-refractivity contribution in [2.75, 3.05) is 18.0 Å². The summed E-state index contributed by atoms with van der Waals surface area (Å²) < 4.78 is 14.6. The zero-order valence-electron chi connectivity index (χ0n) is 15.0. The van der Waals surface area contributed by atoms with Crippen LogP contribution in [0.3, 0.4) is 0 Å². The van der Waals surface area contributed by atoms with Gasteiger partial charge in [-0.3, -0.25) is 4.79 Å². The second-order valence-corrected chi connectivity index (χ2v) is 7.80. The van der Waals surface area contributed by atoms with Gasteiger partial charge in [0, 0.05) is 18.7 Å². The smallest absolute Gasteiger partial charge is 0.188 e. The number of anilines is 1. The van der Waals surface area contributed by atoms with Gasteiger partial charge >= 0.3 is 0 Å². The first kappa shape index (κ1) is 17.1. The molecular formula is C22H24FNO2. The summed E-state index contributed by atoms with van der Waals surface area (Å²) in [5.74, 6) is 0.520. The number of Topliss-reactive ketones (excluding diaryl/α,β-unsaturated/α-hetero) is 1. The molecule has 1 N–H and O–H groups in total. The highest BCUT2D eigenvalue weighted by atomic mass is 19.1. The number of phenols is 1. The van der Waals surface area contributed by atoms with E-state index in [4.69, 9.17) is 0 Å². The number of ketones is 1. The fraction of sp³-hybridized carbons (Fsp3) is 0.409. The van der Waals surface area contributed by atoms with E-state index in [1.54, 1.807) is 0 Å². The monoisotopic (exact) mass is 353 g/mol. The molecule has 1 aliphatic carbocycles. The molecular weight excluding hydrogens is 329 g/mol. The third-order valence-corrected chi connectivity index (χ3v) is 6.01. The summed E-state index contributed by atoms with van der Waals surface area (Å²) in [6.45, 7) is 2.97. The molecule has 1 saturated carbocycles. The molecule has 2 aromatic rings. The number of carbonyl (C=O) groups excluding carboxylic acids is 1. The Bertz CT molecular complexity index is 806. The SMILES string of the molecule is CC(=O)c1ccc(O)c(F)c1N1C[C@H]2CC(Cc3ccccc3)C[C@@H]2C1. The van der Waals surface area contributed by atoms with Gasteiger partial charge in [-0.25, -0.2) is 4.39 Å². The average Bonchev–Trinajstić information content (AvgIpc) is 3.16. The van der Waals surface area contributed by atoms with Crippen LogP contribution in [0.2, 0.25) is 0 Å². The number of hydrogen-bond donors (Lipinski definition) is 1. The zero-order chi connectivity index (χ0) is 18.3. The van der Waals surface area contributed by atoms with Crippen molar-refractivity contribution in [1.82, 2.24) is 0 Å². The molecule has 2 fully saturated rings. The van der Waals surface area contributed by atoms with Gasteiger partial charge < -0.3 is 10.0 Å². The van der Waals surface area contributed by atoms with Crippen molar-refractivity contribution in [1.29, 1.82) is 0 Å². The molecule has 4 heteroatoms. The number of phenolic OH excluding ortho intramolecular Hbond substituents is 1. The van der Waals surface area contributed by atoms with E-state index in [0.717, 1.165) is 32.4 Å². The Morgan fingerprint density at radius 1 is 1.12 bits per heavy atom. The first-order chi connectivity index (χ1) is 12.5. The fourth-order valence-electron chi connectivity index (χ4n) is 4.87. The minimum atomic E-state index is -0.668. The van der Waals surface area contributed by atoms with E-state index < -0.39 is 5.82 Å². The second-order valence-electron chi connectivity index (χ2n) is 7.80. The Hall–Kier alpha value is -2.36. The number of rotatable bonds is 4. The van der Waals surface area contributed by atoms with Gasteiger partial charge in [0.2, 0.25) is 0 Å². The third-order valence-electron chi connectivity index (χ3n) is 6.01. The molecule has 0 aromatic heterocycles. The predicted molar refractivity (Wildman–Crippen MR) is 100 cm³/mol. The Morgan fingerprint density at radius 2 is 1.77 bits per heavy atom. The number of fused-ring (bicyclic) bond motifs is 1. The van der Waals surface area contributed by atoms with E-state index in [9.17, 15) is 14.3 Å². The van der Waals surface area contributed by atoms with Gasteiger partial charge in [0.05, 0.1) is 5.69 Å². The van der Waals surface area contributed by atoms with Crippen LogP contribution < -0.4 is 4.90 Å². The van der Waals surface area contributed by atoms with E-state index in [-0.39, 0.29) is 17.2 Å². The number of nitrogens with zero attached hydrogens (tertiary/aromatic N) is 1. The van der Waals surface area contributed by atoms with E-state index >= 15 is 0 Å². The van der Waals surface area contributed by atoms with Crippen LogP contribution in [0.1, 0.15) is 35.7 Å². The summed E-state index contributed by atoms with van der Waals surface area (Å²) in [5.41, 5.74) is 2.03. The molecule has 0 radical (unpaired) electrons. The van der Waals surface area contributed by atoms with Crippen LogP contribution in [0.25, 0.3) is 0 Å². The average molecular weight is 353 g/mol. The van der Waals surface area contributed by atoms with Crippen LogP contribution in [-0.4, -0.2) is 24.0 Å². The van der Waals surface area contributed by atoms with Crippen LogP contribution in [-0.2, 0) is 6.42 Å². The number of aromatic hydroxyl groups is 1. The lowest BCUT2D eigenvalue weighted by molar-refractivity contribution is 0.101. The van der Waals surface area contributed by atoms with Crippen molar-refractivity contribution >= 4 is 11.5 Å². The molecule has 136 valence electrons. The Balaban J connectivity index is 1.49. The molecule has 4 rings (SSSR count). The third kappa shape index (κ3) is 3.09.